The van der Waals surface area contributed by atoms with Crippen molar-refractivity contribution in [2.45, 2.75) is 19.0 Å². The van der Waals surface area contributed by atoms with Gasteiger partial charge in [0.15, 0.2) is 0 Å². The Labute approximate surface area is 118 Å². The van der Waals surface area contributed by atoms with Crippen LogP contribution in [0.5, 0.6) is 0 Å². The van der Waals surface area contributed by atoms with Gasteiger partial charge in [-0.2, -0.15) is 5.10 Å². The third-order valence-corrected chi connectivity index (χ3v) is 3.86. The fourth-order valence-electron chi connectivity index (χ4n) is 2.71. The summed E-state index contributed by atoms with van der Waals surface area (Å²) in [4.78, 5) is 2.41. The van der Waals surface area contributed by atoms with E-state index in [1.807, 2.05) is 17.8 Å². The average Bonchev–Trinajstić information content (AvgIpc) is 3.09. The fourth-order valence-corrected chi connectivity index (χ4v) is 2.71. The SMILES string of the molecule is CNC1CCN(Cc2ccnn2-c2ccc(F)cc2)C1. The van der Waals surface area contributed by atoms with Crippen LogP contribution in [-0.4, -0.2) is 40.9 Å². The predicted molar refractivity (Wildman–Crippen MR) is 76.3 cm³/mol. The van der Waals surface area contributed by atoms with Gasteiger partial charge in [-0.05, 0) is 43.8 Å². The van der Waals surface area contributed by atoms with Crippen LogP contribution in [0.3, 0.4) is 0 Å². The molecule has 2 heterocycles. The number of halogens is 1. The summed E-state index contributed by atoms with van der Waals surface area (Å²) in [6.45, 7) is 3.03. The highest BCUT2D eigenvalue weighted by molar-refractivity contribution is 5.32. The van der Waals surface area contributed by atoms with Crippen LogP contribution in [0.1, 0.15) is 12.1 Å². The summed E-state index contributed by atoms with van der Waals surface area (Å²) in [6.07, 6.45) is 2.98. The van der Waals surface area contributed by atoms with Crippen molar-refractivity contribution in [2.75, 3.05) is 20.1 Å². The van der Waals surface area contributed by atoms with Gasteiger partial charge >= 0.3 is 0 Å². The number of likely N-dealkylation sites (tertiary alicyclic amines) is 1. The van der Waals surface area contributed by atoms with E-state index >= 15 is 0 Å². The molecule has 0 amide bonds. The molecule has 0 saturated carbocycles. The maximum Gasteiger partial charge on any atom is 0.123 e. The zero-order valence-electron chi connectivity index (χ0n) is 11.6. The lowest BCUT2D eigenvalue weighted by Gasteiger charge is -2.16. The molecular formula is C15H19FN4. The molecule has 4 nitrogen and oxygen atoms in total. The highest BCUT2D eigenvalue weighted by atomic mass is 19.1. The van der Waals surface area contributed by atoms with Crippen LogP contribution >= 0.6 is 0 Å². The standard InChI is InChI=1S/C15H19FN4/c1-17-13-7-9-19(10-13)11-15-6-8-18-20(15)14-4-2-12(16)3-5-14/h2-6,8,13,17H,7,9-11H2,1H3. The van der Waals surface area contributed by atoms with E-state index in [1.54, 1.807) is 18.3 Å². The summed E-state index contributed by atoms with van der Waals surface area (Å²) >= 11 is 0. The number of aromatic nitrogens is 2. The number of nitrogens with zero attached hydrogens (tertiary/aromatic N) is 3. The third kappa shape index (κ3) is 2.73. The largest absolute Gasteiger partial charge is 0.316 e. The predicted octanol–water partition coefficient (Wildman–Crippen LogP) is 1.81. The maximum atomic E-state index is 13.0. The van der Waals surface area contributed by atoms with Crippen LogP contribution in [0.15, 0.2) is 36.5 Å². The van der Waals surface area contributed by atoms with Crippen molar-refractivity contribution >= 4 is 0 Å². The third-order valence-electron chi connectivity index (χ3n) is 3.86. The topological polar surface area (TPSA) is 33.1 Å². The van der Waals surface area contributed by atoms with Gasteiger partial charge in [-0.3, -0.25) is 4.90 Å². The second kappa shape index (κ2) is 5.73. The van der Waals surface area contributed by atoms with Gasteiger partial charge in [-0.25, -0.2) is 9.07 Å². The van der Waals surface area contributed by atoms with Crippen molar-refractivity contribution in [1.82, 2.24) is 20.0 Å². The first-order chi connectivity index (χ1) is 9.76. The summed E-state index contributed by atoms with van der Waals surface area (Å²) in [5.41, 5.74) is 2.03. The van der Waals surface area contributed by atoms with Crippen molar-refractivity contribution in [1.29, 1.82) is 0 Å². The summed E-state index contributed by atoms with van der Waals surface area (Å²) < 4.78 is 14.9. The van der Waals surface area contributed by atoms with Gasteiger partial charge in [-0.1, -0.05) is 0 Å². The Kier molecular flexibility index (Phi) is 3.80. The zero-order chi connectivity index (χ0) is 13.9. The minimum absolute atomic E-state index is 0.223. The molecule has 20 heavy (non-hydrogen) atoms. The average molecular weight is 274 g/mol. The van der Waals surface area contributed by atoms with Crippen LogP contribution in [0.4, 0.5) is 4.39 Å². The lowest BCUT2D eigenvalue weighted by molar-refractivity contribution is 0.315. The minimum atomic E-state index is -0.223. The molecule has 0 radical (unpaired) electrons. The molecule has 1 fully saturated rings. The van der Waals surface area contributed by atoms with E-state index in [4.69, 9.17) is 0 Å². The molecule has 2 aromatic rings. The molecule has 1 aromatic heterocycles. The number of nitrogens with one attached hydrogen (secondary N) is 1. The second-order valence-electron chi connectivity index (χ2n) is 5.22. The summed E-state index contributed by atoms with van der Waals surface area (Å²) in [7, 11) is 2.01. The van der Waals surface area contributed by atoms with Gasteiger partial charge in [0.1, 0.15) is 5.82 Å². The highest BCUT2D eigenvalue weighted by Crippen LogP contribution is 2.16. The monoisotopic (exact) mass is 274 g/mol. The Morgan fingerprint density at radius 2 is 2.10 bits per heavy atom. The van der Waals surface area contributed by atoms with E-state index in [9.17, 15) is 4.39 Å². The van der Waals surface area contributed by atoms with Gasteiger partial charge in [0.25, 0.3) is 0 Å². The Bertz CT molecular complexity index is 564. The number of benzene rings is 1. The minimum Gasteiger partial charge on any atom is -0.316 e. The van der Waals surface area contributed by atoms with E-state index < -0.39 is 0 Å². The van der Waals surface area contributed by atoms with Crippen LogP contribution in [0, 0.1) is 5.82 Å². The van der Waals surface area contributed by atoms with Crippen molar-refractivity contribution in [2.24, 2.45) is 0 Å². The molecule has 1 atom stereocenters. The molecule has 1 unspecified atom stereocenters. The van der Waals surface area contributed by atoms with Gasteiger partial charge in [0.05, 0.1) is 11.4 Å². The number of likely N-dealkylation sites (N-methyl/N-ethyl adjacent to an activating group) is 1. The lowest BCUT2D eigenvalue weighted by atomic mass is 10.3. The van der Waals surface area contributed by atoms with E-state index in [1.165, 1.54) is 18.6 Å². The van der Waals surface area contributed by atoms with Crippen molar-refractivity contribution in [3.63, 3.8) is 0 Å². The van der Waals surface area contributed by atoms with Crippen LogP contribution in [0.2, 0.25) is 0 Å². The van der Waals surface area contributed by atoms with Gasteiger partial charge in [0, 0.05) is 31.9 Å². The number of rotatable bonds is 4. The Balaban J connectivity index is 1.75. The maximum absolute atomic E-state index is 13.0. The molecule has 1 aliphatic heterocycles. The first-order valence-corrected chi connectivity index (χ1v) is 6.95. The Hall–Kier alpha value is -1.72. The summed E-state index contributed by atoms with van der Waals surface area (Å²) in [6, 6.07) is 9.05. The molecule has 5 heteroatoms. The number of hydrogen-bond donors (Lipinski definition) is 1. The van der Waals surface area contributed by atoms with E-state index in [-0.39, 0.29) is 5.82 Å². The summed E-state index contributed by atoms with van der Waals surface area (Å²) in [5.74, 6) is -0.223. The molecule has 1 saturated heterocycles. The van der Waals surface area contributed by atoms with Gasteiger partial charge in [-0.15, -0.1) is 0 Å². The first kappa shape index (κ1) is 13.3. The molecule has 3 rings (SSSR count). The van der Waals surface area contributed by atoms with Gasteiger partial charge < -0.3 is 5.32 Å². The van der Waals surface area contributed by atoms with Crippen LogP contribution in [0.25, 0.3) is 5.69 Å². The number of hydrogen-bond acceptors (Lipinski definition) is 3. The molecule has 0 aliphatic carbocycles. The second-order valence-corrected chi connectivity index (χ2v) is 5.22. The molecule has 1 N–H and O–H groups in total. The van der Waals surface area contributed by atoms with Crippen molar-refractivity contribution < 1.29 is 4.39 Å². The molecule has 0 spiro atoms. The molecule has 1 aliphatic rings. The van der Waals surface area contributed by atoms with Gasteiger partial charge in [0.2, 0.25) is 0 Å². The first-order valence-electron chi connectivity index (χ1n) is 6.95. The van der Waals surface area contributed by atoms with E-state index in [0.29, 0.717) is 6.04 Å². The zero-order valence-corrected chi connectivity index (χ0v) is 11.6. The van der Waals surface area contributed by atoms with Crippen LogP contribution < -0.4 is 5.32 Å². The molecular weight excluding hydrogens is 255 g/mol. The Morgan fingerprint density at radius 1 is 1.30 bits per heavy atom. The quantitative estimate of drug-likeness (QED) is 0.923. The van der Waals surface area contributed by atoms with Crippen LogP contribution in [-0.2, 0) is 6.54 Å². The molecule has 0 bridgehead atoms. The van der Waals surface area contributed by atoms with Crippen molar-refractivity contribution in [3.05, 3.63) is 48.0 Å². The smallest absolute Gasteiger partial charge is 0.123 e. The van der Waals surface area contributed by atoms with E-state index in [0.717, 1.165) is 31.0 Å². The Morgan fingerprint density at radius 3 is 2.80 bits per heavy atom. The normalized spacial score (nSPS) is 19.6. The highest BCUT2D eigenvalue weighted by Gasteiger charge is 2.21. The lowest BCUT2D eigenvalue weighted by Crippen LogP contribution is -2.29. The molecule has 1 aromatic carbocycles. The fraction of sp³-hybridized carbons (Fsp3) is 0.400. The van der Waals surface area contributed by atoms with E-state index in [2.05, 4.69) is 15.3 Å². The molecule has 106 valence electrons. The summed E-state index contributed by atoms with van der Waals surface area (Å²) in [5, 5.41) is 7.67. The van der Waals surface area contributed by atoms with Crippen molar-refractivity contribution in [3.8, 4) is 5.69 Å².